The molecule has 0 aliphatic heterocycles. The van der Waals surface area contributed by atoms with Gasteiger partial charge >= 0.3 is 0 Å². The van der Waals surface area contributed by atoms with Crippen molar-refractivity contribution >= 4 is 0 Å². The molecular weight excluding hydrogens is 288 g/mol. The van der Waals surface area contributed by atoms with Crippen LogP contribution in [0, 0.1) is 5.92 Å². The van der Waals surface area contributed by atoms with Crippen LogP contribution in [0.1, 0.15) is 149 Å². The molecule has 0 aliphatic rings. The maximum atomic E-state index is 2.31. The third-order valence-electron chi connectivity index (χ3n) is 5.63. The Balaban J connectivity index is 3.03. The van der Waals surface area contributed by atoms with E-state index in [2.05, 4.69) is 20.8 Å². The molecule has 0 aromatic carbocycles. The van der Waals surface area contributed by atoms with Gasteiger partial charge in [0, 0.05) is 0 Å². The zero-order valence-corrected chi connectivity index (χ0v) is 17.6. The minimum Gasteiger partial charge on any atom is -0.0654 e. The Morgan fingerprint density at radius 3 is 0.958 bits per heavy atom. The monoisotopic (exact) mass is 337 g/mol. The molecule has 0 amide bonds. The number of unbranched alkanes of at least 4 members (excludes halogenated alkanes) is 16. The van der Waals surface area contributed by atoms with E-state index in [-0.39, 0.29) is 0 Å². The van der Waals surface area contributed by atoms with Crippen molar-refractivity contribution in [2.24, 2.45) is 0 Å². The summed E-state index contributed by atoms with van der Waals surface area (Å²) in [4.78, 5) is 0. The lowest BCUT2D eigenvalue weighted by Gasteiger charge is -2.10. The molecule has 0 saturated heterocycles. The zero-order valence-electron chi connectivity index (χ0n) is 17.6. The van der Waals surface area contributed by atoms with Gasteiger partial charge in [-0.15, -0.1) is 0 Å². The first kappa shape index (κ1) is 24.0. The summed E-state index contributed by atoms with van der Waals surface area (Å²) in [5.74, 6) is 1.77. The lowest BCUT2D eigenvalue weighted by molar-refractivity contribution is 0.523. The van der Waals surface area contributed by atoms with Crippen molar-refractivity contribution in [3.05, 3.63) is 5.92 Å². The molecule has 0 aromatic heterocycles. The Kier molecular flexibility index (Phi) is 21.0. The Labute approximate surface area is 155 Å². The van der Waals surface area contributed by atoms with Crippen LogP contribution in [0.5, 0.6) is 0 Å². The molecule has 0 N–H and O–H groups in total. The van der Waals surface area contributed by atoms with Crippen LogP contribution in [0.2, 0.25) is 0 Å². The van der Waals surface area contributed by atoms with Crippen LogP contribution in [0.3, 0.4) is 0 Å². The summed E-state index contributed by atoms with van der Waals surface area (Å²) >= 11 is 0. The molecule has 24 heavy (non-hydrogen) atoms. The summed E-state index contributed by atoms with van der Waals surface area (Å²) in [6, 6.07) is 0. The average Bonchev–Trinajstić information content (AvgIpc) is 2.61. The van der Waals surface area contributed by atoms with E-state index in [0.29, 0.717) is 0 Å². The summed E-state index contributed by atoms with van der Waals surface area (Å²) in [6.07, 6.45) is 29.0. The van der Waals surface area contributed by atoms with Crippen LogP contribution in [-0.2, 0) is 0 Å². The Hall–Kier alpha value is 0. The summed E-state index contributed by atoms with van der Waals surface area (Å²) in [5, 5.41) is 0. The van der Waals surface area contributed by atoms with E-state index in [1.54, 1.807) is 5.92 Å². The average molecular weight is 338 g/mol. The largest absolute Gasteiger partial charge is 0.0654 e. The van der Waals surface area contributed by atoms with Gasteiger partial charge in [0.1, 0.15) is 0 Å². The first-order chi connectivity index (χ1) is 11.8. The van der Waals surface area contributed by atoms with Gasteiger partial charge in [-0.2, -0.15) is 0 Å². The van der Waals surface area contributed by atoms with Crippen molar-refractivity contribution in [2.45, 2.75) is 149 Å². The lowest BCUT2D eigenvalue weighted by atomic mass is 9.95. The molecule has 1 radical (unpaired) electrons. The molecule has 0 heterocycles. The predicted molar refractivity (Wildman–Crippen MR) is 113 cm³/mol. The maximum absolute atomic E-state index is 2.31. The molecule has 0 spiro atoms. The minimum atomic E-state index is 1.30. The fourth-order valence-electron chi connectivity index (χ4n) is 3.70. The van der Waals surface area contributed by atoms with E-state index in [9.17, 15) is 0 Å². The highest BCUT2D eigenvalue weighted by molar-refractivity contribution is 4.85. The van der Waals surface area contributed by atoms with Crippen molar-refractivity contribution in [1.82, 2.24) is 0 Å². The SMILES string of the molecule is CCCCCCCCCCCCCCCCCCC[C](CC)CC. The highest BCUT2D eigenvalue weighted by atomic mass is 14.1. The molecule has 145 valence electrons. The van der Waals surface area contributed by atoms with E-state index >= 15 is 0 Å². The standard InChI is InChI=1S/C24H49/c1-4-7-8-9-10-11-12-13-14-15-16-17-18-19-20-21-22-23-24(5-2)6-3/h4-23H2,1-3H3. The lowest BCUT2D eigenvalue weighted by Crippen LogP contribution is -1.93. The second-order valence-electron chi connectivity index (χ2n) is 7.86. The molecule has 0 aromatic rings. The second kappa shape index (κ2) is 21.0. The normalized spacial score (nSPS) is 11.5. The number of hydrogen-bond acceptors (Lipinski definition) is 0. The van der Waals surface area contributed by atoms with Gasteiger partial charge in [-0.05, 0) is 25.2 Å². The number of rotatable bonds is 20. The third kappa shape index (κ3) is 18.3. The van der Waals surface area contributed by atoms with Crippen LogP contribution >= 0.6 is 0 Å². The molecule has 0 rings (SSSR count). The molecule has 0 aliphatic carbocycles. The van der Waals surface area contributed by atoms with E-state index in [1.165, 1.54) is 128 Å². The van der Waals surface area contributed by atoms with E-state index in [0.717, 1.165) is 0 Å². The van der Waals surface area contributed by atoms with Crippen LogP contribution in [-0.4, -0.2) is 0 Å². The summed E-state index contributed by atoms with van der Waals surface area (Å²) < 4.78 is 0. The van der Waals surface area contributed by atoms with Crippen molar-refractivity contribution in [1.29, 1.82) is 0 Å². The molecule has 0 atom stereocenters. The summed E-state index contributed by atoms with van der Waals surface area (Å²) in [5.41, 5.74) is 0. The van der Waals surface area contributed by atoms with Crippen LogP contribution in [0.4, 0.5) is 0 Å². The smallest absolute Gasteiger partial charge is 0.0246 e. The van der Waals surface area contributed by atoms with Crippen molar-refractivity contribution < 1.29 is 0 Å². The third-order valence-corrected chi connectivity index (χ3v) is 5.63. The zero-order chi connectivity index (χ0) is 17.7. The van der Waals surface area contributed by atoms with Crippen molar-refractivity contribution in [2.75, 3.05) is 0 Å². The van der Waals surface area contributed by atoms with Gasteiger partial charge in [-0.1, -0.05) is 130 Å². The molecule has 0 saturated carbocycles. The van der Waals surface area contributed by atoms with Gasteiger partial charge in [0.25, 0.3) is 0 Å². The van der Waals surface area contributed by atoms with Crippen LogP contribution in [0.25, 0.3) is 0 Å². The Morgan fingerprint density at radius 1 is 0.375 bits per heavy atom. The molecule has 0 bridgehead atoms. The van der Waals surface area contributed by atoms with Gasteiger partial charge in [0.15, 0.2) is 0 Å². The summed E-state index contributed by atoms with van der Waals surface area (Å²) in [7, 11) is 0. The van der Waals surface area contributed by atoms with Gasteiger partial charge in [-0.25, -0.2) is 0 Å². The van der Waals surface area contributed by atoms with Crippen LogP contribution < -0.4 is 0 Å². The topological polar surface area (TPSA) is 0 Å². The maximum Gasteiger partial charge on any atom is -0.0246 e. The van der Waals surface area contributed by atoms with Gasteiger partial charge in [0.05, 0.1) is 0 Å². The molecule has 0 heteroatoms. The molecule has 0 unspecified atom stereocenters. The fourth-order valence-corrected chi connectivity index (χ4v) is 3.70. The Bertz CT molecular complexity index is 204. The van der Waals surface area contributed by atoms with Crippen LogP contribution in [0.15, 0.2) is 0 Å². The van der Waals surface area contributed by atoms with E-state index < -0.39 is 0 Å². The first-order valence-corrected chi connectivity index (χ1v) is 11.7. The highest BCUT2D eigenvalue weighted by Crippen LogP contribution is 2.20. The second-order valence-corrected chi connectivity index (χ2v) is 7.86. The Morgan fingerprint density at radius 2 is 0.667 bits per heavy atom. The van der Waals surface area contributed by atoms with Gasteiger partial charge < -0.3 is 0 Å². The summed E-state index contributed by atoms with van der Waals surface area (Å²) in [6.45, 7) is 6.92. The van der Waals surface area contributed by atoms with E-state index in [1.807, 2.05) is 0 Å². The minimum absolute atomic E-state index is 1.30. The first-order valence-electron chi connectivity index (χ1n) is 11.7. The predicted octanol–water partition coefficient (Wildman–Crippen LogP) is 9.42. The van der Waals surface area contributed by atoms with Gasteiger partial charge in [-0.3, -0.25) is 0 Å². The fraction of sp³-hybridized carbons (Fsp3) is 0.958. The molecular formula is C24H49. The van der Waals surface area contributed by atoms with E-state index in [4.69, 9.17) is 0 Å². The molecule has 0 nitrogen and oxygen atoms in total. The number of hydrogen-bond donors (Lipinski definition) is 0. The highest BCUT2D eigenvalue weighted by Gasteiger charge is 2.02. The molecule has 0 fully saturated rings. The van der Waals surface area contributed by atoms with Crippen molar-refractivity contribution in [3.63, 3.8) is 0 Å². The van der Waals surface area contributed by atoms with Gasteiger partial charge in [0.2, 0.25) is 0 Å². The quantitative estimate of drug-likeness (QED) is 0.194. The van der Waals surface area contributed by atoms with Crippen molar-refractivity contribution in [3.8, 4) is 0 Å².